The minimum Gasteiger partial charge on any atom is -0.318 e. The van der Waals surface area contributed by atoms with E-state index < -0.39 is 9.84 Å². The number of sulfone groups is 1. The number of carbonyl (C=O) groups excluding carboxylic acids is 1. The van der Waals surface area contributed by atoms with Gasteiger partial charge in [-0.2, -0.15) is 0 Å². The second-order valence-electron chi connectivity index (χ2n) is 2.98. The number of anilines is 1. The zero-order chi connectivity index (χ0) is 10.8. The molecule has 0 bridgehead atoms. The number of benzene rings is 1. The van der Waals surface area contributed by atoms with Crippen LogP contribution in [0.2, 0.25) is 0 Å². The fourth-order valence-electron chi connectivity index (χ4n) is 0.989. The fourth-order valence-corrected chi connectivity index (χ4v) is 1.62. The molecule has 0 atom stereocenters. The zero-order valence-corrected chi connectivity index (χ0v) is 8.78. The summed E-state index contributed by atoms with van der Waals surface area (Å²) in [6, 6.07) is 6.13. The molecule has 0 radical (unpaired) electrons. The second-order valence-corrected chi connectivity index (χ2v) is 5.00. The van der Waals surface area contributed by atoms with Crippen LogP contribution in [0.25, 0.3) is 0 Å². The molecule has 0 aliphatic heterocycles. The van der Waals surface area contributed by atoms with Crippen LogP contribution in [-0.4, -0.2) is 28.1 Å². The third-order valence-corrected chi connectivity index (χ3v) is 2.96. The van der Waals surface area contributed by atoms with E-state index in [2.05, 4.69) is 0 Å². The van der Waals surface area contributed by atoms with Crippen molar-refractivity contribution >= 4 is 21.9 Å². The van der Waals surface area contributed by atoms with Crippen molar-refractivity contribution in [2.45, 2.75) is 4.90 Å². The van der Waals surface area contributed by atoms with Crippen molar-refractivity contribution in [3.63, 3.8) is 0 Å². The van der Waals surface area contributed by atoms with E-state index in [9.17, 15) is 13.2 Å². The summed E-state index contributed by atoms with van der Waals surface area (Å²) in [5.41, 5.74) is 0.660. The lowest BCUT2D eigenvalue weighted by molar-refractivity contribution is -0.107. The summed E-state index contributed by atoms with van der Waals surface area (Å²) in [5.74, 6) is 0. The molecule has 0 aliphatic rings. The van der Waals surface area contributed by atoms with Crippen LogP contribution in [0.15, 0.2) is 29.2 Å². The molecule has 76 valence electrons. The maximum atomic E-state index is 11.1. The Bertz CT molecular complexity index is 422. The lowest BCUT2D eigenvalue weighted by atomic mass is 10.3. The summed E-state index contributed by atoms with van der Waals surface area (Å²) in [7, 11) is -1.56. The van der Waals surface area contributed by atoms with Gasteiger partial charge in [-0.15, -0.1) is 0 Å². The molecule has 0 aromatic heterocycles. The molecule has 0 saturated carbocycles. The third-order valence-electron chi connectivity index (χ3n) is 1.83. The molecule has 0 spiro atoms. The van der Waals surface area contributed by atoms with E-state index in [1.54, 1.807) is 19.2 Å². The van der Waals surface area contributed by atoms with Gasteiger partial charge < -0.3 is 4.90 Å². The summed E-state index contributed by atoms with van der Waals surface area (Å²) >= 11 is 0. The van der Waals surface area contributed by atoms with Crippen LogP contribution < -0.4 is 4.90 Å². The van der Waals surface area contributed by atoms with Gasteiger partial charge in [0.2, 0.25) is 6.41 Å². The van der Waals surface area contributed by atoms with Crippen molar-refractivity contribution in [1.29, 1.82) is 0 Å². The maximum Gasteiger partial charge on any atom is 0.213 e. The molecule has 1 aromatic carbocycles. The van der Waals surface area contributed by atoms with Crippen molar-refractivity contribution < 1.29 is 13.2 Å². The van der Waals surface area contributed by atoms with Crippen molar-refractivity contribution in [3.8, 4) is 0 Å². The molecular formula is C9H11NO3S. The predicted octanol–water partition coefficient (Wildman–Crippen LogP) is 0.683. The van der Waals surface area contributed by atoms with Crippen LogP contribution in [0.5, 0.6) is 0 Å². The van der Waals surface area contributed by atoms with Gasteiger partial charge >= 0.3 is 0 Å². The second kappa shape index (κ2) is 3.79. The quantitative estimate of drug-likeness (QED) is 0.694. The van der Waals surface area contributed by atoms with Crippen molar-refractivity contribution in [2.75, 3.05) is 18.2 Å². The highest BCUT2D eigenvalue weighted by Crippen LogP contribution is 2.15. The molecule has 4 nitrogen and oxygen atoms in total. The number of carbonyl (C=O) groups is 1. The van der Waals surface area contributed by atoms with Gasteiger partial charge in [0.05, 0.1) is 4.90 Å². The molecule has 14 heavy (non-hydrogen) atoms. The predicted molar refractivity (Wildman–Crippen MR) is 54.0 cm³/mol. The summed E-state index contributed by atoms with van der Waals surface area (Å²) in [5, 5.41) is 0. The summed E-state index contributed by atoms with van der Waals surface area (Å²) in [4.78, 5) is 12.0. The van der Waals surface area contributed by atoms with E-state index in [-0.39, 0.29) is 4.90 Å². The van der Waals surface area contributed by atoms with Crippen LogP contribution in [0.4, 0.5) is 5.69 Å². The topological polar surface area (TPSA) is 54.5 Å². The van der Waals surface area contributed by atoms with Crippen molar-refractivity contribution in [1.82, 2.24) is 0 Å². The fraction of sp³-hybridized carbons (Fsp3) is 0.222. The Morgan fingerprint density at radius 2 is 1.71 bits per heavy atom. The molecule has 0 unspecified atom stereocenters. The highest BCUT2D eigenvalue weighted by atomic mass is 32.2. The van der Waals surface area contributed by atoms with E-state index >= 15 is 0 Å². The monoisotopic (exact) mass is 213 g/mol. The molecule has 5 heteroatoms. The number of nitrogens with zero attached hydrogens (tertiary/aromatic N) is 1. The van der Waals surface area contributed by atoms with Crippen LogP contribution in [0, 0.1) is 0 Å². The highest BCUT2D eigenvalue weighted by molar-refractivity contribution is 7.90. The van der Waals surface area contributed by atoms with Gasteiger partial charge in [0, 0.05) is 19.0 Å². The minimum atomic E-state index is -3.16. The van der Waals surface area contributed by atoms with Crippen molar-refractivity contribution in [2.24, 2.45) is 0 Å². The molecule has 0 fully saturated rings. The first-order valence-corrected chi connectivity index (χ1v) is 5.82. The summed E-state index contributed by atoms with van der Waals surface area (Å²) < 4.78 is 22.2. The van der Waals surface area contributed by atoms with Gasteiger partial charge in [-0.25, -0.2) is 8.42 Å². The van der Waals surface area contributed by atoms with Gasteiger partial charge in [-0.1, -0.05) is 0 Å². The first-order chi connectivity index (χ1) is 6.45. The largest absolute Gasteiger partial charge is 0.318 e. The molecular weight excluding hydrogens is 202 g/mol. The van der Waals surface area contributed by atoms with Crippen LogP contribution in [0.3, 0.4) is 0 Å². The highest BCUT2D eigenvalue weighted by Gasteiger charge is 2.06. The molecule has 1 rings (SSSR count). The summed E-state index contributed by atoms with van der Waals surface area (Å²) in [6.45, 7) is 0. The lowest BCUT2D eigenvalue weighted by Gasteiger charge is -2.10. The number of rotatable bonds is 3. The Kier molecular flexibility index (Phi) is 2.90. The minimum absolute atomic E-state index is 0.251. The molecule has 0 aliphatic carbocycles. The average Bonchev–Trinajstić information content (AvgIpc) is 2.15. The average molecular weight is 213 g/mol. The van der Waals surface area contributed by atoms with Gasteiger partial charge in [0.25, 0.3) is 0 Å². The first-order valence-electron chi connectivity index (χ1n) is 3.93. The van der Waals surface area contributed by atoms with E-state index in [0.29, 0.717) is 12.1 Å². The standard InChI is InChI=1S/C9H11NO3S/c1-10(7-11)8-3-5-9(6-4-8)14(2,12)13/h3-7H,1-2H3. The van der Waals surface area contributed by atoms with Crippen molar-refractivity contribution in [3.05, 3.63) is 24.3 Å². The lowest BCUT2D eigenvalue weighted by Crippen LogP contribution is -2.13. The van der Waals surface area contributed by atoms with E-state index in [4.69, 9.17) is 0 Å². The van der Waals surface area contributed by atoms with E-state index in [1.807, 2.05) is 0 Å². The van der Waals surface area contributed by atoms with Gasteiger partial charge in [0.15, 0.2) is 9.84 Å². The van der Waals surface area contributed by atoms with Gasteiger partial charge in [-0.05, 0) is 24.3 Å². The zero-order valence-electron chi connectivity index (χ0n) is 7.97. The maximum absolute atomic E-state index is 11.1. The summed E-state index contributed by atoms with van der Waals surface area (Å²) in [6.07, 6.45) is 1.81. The Balaban J connectivity index is 3.07. The third kappa shape index (κ3) is 2.32. The number of amides is 1. The Morgan fingerprint density at radius 3 is 2.07 bits per heavy atom. The number of hydrogen-bond acceptors (Lipinski definition) is 3. The van der Waals surface area contributed by atoms with E-state index in [1.165, 1.54) is 17.0 Å². The molecule has 0 N–H and O–H groups in total. The SMILES string of the molecule is CN(C=O)c1ccc(S(C)(=O)=O)cc1. The van der Waals surface area contributed by atoms with Gasteiger partial charge in [-0.3, -0.25) is 4.79 Å². The van der Waals surface area contributed by atoms with E-state index in [0.717, 1.165) is 6.26 Å². The Hall–Kier alpha value is -1.36. The Morgan fingerprint density at radius 1 is 1.21 bits per heavy atom. The van der Waals surface area contributed by atoms with Gasteiger partial charge in [0.1, 0.15) is 0 Å². The normalized spacial score (nSPS) is 11.0. The molecule has 0 saturated heterocycles. The van der Waals surface area contributed by atoms with Crippen LogP contribution in [-0.2, 0) is 14.6 Å². The molecule has 0 heterocycles. The number of hydrogen-bond donors (Lipinski definition) is 0. The first kappa shape index (κ1) is 10.7. The molecule has 1 amide bonds. The van der Waals surface area contributed by atoms with Crippen LogP contribution >= 0.6 is 0 Å². The van der Waals surface area contributed by atoms with Crippen LogP contribution in [0.1, 0.15) is 0 Å². The Labute approximate surface area is 83.1 Å². The smallest absolute Gasteiger partial charge is 0.213 e. The molecule has 1 aromatic rings.